The van der Waals surface area contributed by atoms with Gasteiger partial charge in [-0.2, -0.15) is 0 Å². The first kappa shape index (κ1) is 29.8. The highest BCUT2D eigenvalue weighted by atomic mass is 32.5. The van der Waals surface area contributed by atoms with Gasteiger partial charge in [-0.05, 0) is 0 Å². The zero-order chi connectivity index (χ0) is 31.0. The van der Waals surface area contributed by atoms with Crippen LogP contribution in [-0.4, -0.2) is 98.9 Å². The number of aliphatic hydroxyl groups is 1. The number of hydrogen-bond acceptors (Lipinski definition) is 18. The Morgan fingerprint density at radius 3 is 2.09 bits per heavy atom. The van der Waals surface area contributed by atoms with Crippen molar-refractivity contribution in [2.45, 2.75) is 49.1 Å². The highest BCUT2D eigenvalue weighted by Gasteiger charge is 2.53. The number of nitrogens with zero attached hydrogens (tertiary/aromatic N) is 8. The standard InChI is InChI=1S/C20H23FN10O10P2S/c21-9-13-8(39-19(9)30-5-28-10-15(22)24-3-26-17(10)30)2-37-43(35,44)41-14-12(32)7(1-36-42(33,34)40-13)38-20(14)31-6-29-11-16(23)25-4-27-18(11)31/h3-9,12-14,19-20,32H,1-2H2,(H,33,34)(H,35,44)(H2,22,24,26)(H2,23,25,27)/p-1/t7-,8-,9+,12?,13?,14+,19-,20-,43?/m1/s1. The summed E-state index contributed by atoms with van der Waals surface area (Å²) in [6.07, 6.45) is -7.95. The van der Waals surface area contributed by atoms with Gasteiger partial charge in [0, 0.05) is 0 Å². The Morgan fingerprint density at radius 2 is 1.45 bits per heavy atom. The Morgan fingerprint density at radius 1 is 0.886 bits per heavy atom. The zero-order valence-corrected chi connectivity index (χ0v) is 24.5. The molecule has 236 valence electrons. The van der Waals surface area contributed by atoms with Crippen LogP contribution in [0.3, 0.4) is 0 Å². The van der Waals surface area contributed by atoms with Crippen LogP contribution in [-0.2, 0) is 43.9 Å². The smallest absolute Gasteiger partial charge is 0.472 e. The molecular weight excluding hydrogens is 653 g/mol. The molecule has 3 saturated heterocycles. The van der Waals surface area contributed by atoms with E-state index in [-0.39, 0.29) is 34.0 Å². The summed E-state index contributed by atoms with van der Waals surface area (Å²) < 4.78 is 64.4. The first-order chi connectivity index (χ1) is 20.9. The van der Waals surface area contributed by atoms with Crippen LogP contribution in [0.25, 0.3) is 22.3 Å². The van der Waals surface area contributed by atoms with E-state index in [0.717, 1.165) is 6.33 Å². The molecule has 24 heteroatoms. The van der Waals surface area contributed by atoms with Crippen LogP contribution in [0.1, 0.15) is 12.5 Å². The highest BCUT2D eigenvalue weighted by molar-refractivity contribution is 8.06. The van der Waals surface area contributed by atoms with Crippen molar-refractivity contribution in [1.29, 1.82) is 0 Å². The minimum absolute atomic E-state index is 0.0266. The number of phosphoric ester groups is 1. The van der Waals surface area contributed by atoms with E-state index in [0.29, 0.717) is 0 Å². The van der Waals surface area contributed by atoms with Crippen LogP contribution in [0.5, 0.6) is 0 Å². The number of phosphoric acid groups is 1. The van der Waals surface area contributed by atoms with Crippen molar-refractivity contribution in [3.8, 4) is 0 Å². The molecule has 0 spiro atoms. The topological polar surface area (TPSA) is 275 Å². The number of aromatic nitrogens is 8. The van der Waals surface area contributed by atoms with Gasteiger partial charge in [-0.1, -0.05) is 11.8 Å². The van der Waals surface area contributed by atoms with Crippen molar-refractivity contribution in [3.05, 3.63) is 25.3 Å². The van der Waals surface area contributed by atoms with Gasteiger partial charge in [0.15, 0.2) is 41.6 Å². The molecular formula is C20H22FN10O10P2S-. The number of alkyl halides is 1. The Bertz CT molecular complexity index is 1830. The van der Waals surface area contributed by atoms with Crippen LogP contribution in [0, 0.1) is 0 Å². The predicted molar refractivity (Wildman–Crippen MR) is 144 cm³/mol. The van der Waals surface area contributed by atoms with Gasteiger partial charge in [0.25, 0.3) is 0 Å². The number of ether oxygens (including phenoxy) is 2. The summed E-state index contributed by atoms with van der Waals surface area (Å²) >= 11 is 5.10. The Kier molecular flexibility index (Phi) is 7.39. The van der Waals surface area contributed by atoms with Crippen LogP contribution in [0.4, 0.5) is 16.0 Å². The number of nitrogens with two attached hydrogens (primary N) is 2. The summed E-state index contributed by atoms with van der Waals surface area (Å²) in [6, 6.07) is 0. The molecule has 10 atom stereocenters. The molecule has 0 aromatic carbocycles. The predicted octanol–water partition coefficient (Wildman–Crippen LogP) is -1.17. The largest absolute Gasteiger partial charge is 0.780 e. The fourth-order valence-corrected chi connectivity index (χ4v) is 7.53. The molecule has 3 aliphatic rings. The van der Waals surface area contributed by atoms with Crippen molar-refractivity contribution in [2.75, 3.05) is 24.7 Å². The molecule has 0 saturated carbocycles. The molecule has 0 aliphatic carbocycles. The normalized spacial score (nSPS) is 38.3. The van der Waals surface area contributed by atoms with E-state index in [1.807, 2.05) is 0 Å². The van der Waals surface area contributed by atoms with E-state index in [9.17, 15) is 19.5 Å². The van der Waals surface area contributed by atoms with Crippen molar-refractivity contribution < 1.29 is 51.4 Å². The molecule has 20 nitrogen and oxygen atoms in total. The van der Waals surface area contributed by atoms with E-state index in [2.05, 4.69) is 29.9 Å². The minimum atomic E-state index is -5.06. The molecule has 6 N–H and O–H groups in total. The number of hydrogen-bond donors (Lipinski definition) is 4. The van der Waals surface area contributed by atoms with Gasteiger partial charge >= 0.3 is 7.82 Å². The lowest BCUT2D eigenvalue weighted by atomic mass is 10.1. The fraction of sp³-hybridized carbons (Fsp3) is 0.500. The maximum Gasteiger partial charge on any atom is 0.472 e. The summed E-state index contributed by atoms with van der Waals surface area (Å²) in [6.45, 7) is -5.99. The maximum absolute atomic E-state index is 15.9. The van der Waals surface area contributed by atoms with Crippen LogP contribution in [0.2, 0.25) is 0 Å². The fourth-order valence-electron chi connectivity index (χ4n) is 5.18. The zero-order valence-electron chi connectivity index (χ0n) is 21.9. The van der Waals surface area contributed by atoms with Gasteiger partial charge in [0.05, 0.1) is 25.9 Å². The van der Waals surface area contributed by atoms with E-state index in [4.69, 9.17) is 50.8 Å². The van der Waals surface area contributed by atoms with Crippen LogP contribution >= 0.6 is 14.5 Å². The molecule has 4 aromatic heterocycles. The third-order valence-corrected chi connectivity index (χ3v) is 9.73. The molecule has 7 heterocycles. The van der Waals surface area contributed by atoms with Crippen molar-refractivity contribution in [1.82, 2.24) is 39.0 Å². The third-order valence-electron chi connectivity index (χ3n) is 7.21. The second kappa shape index (κ2) is 10.9. The second-order valence-electron chi connectivity index (χ2n) is 9.88. The third kappa shape index (κ3) is 5.15. The van der Waals surface area contributed by atoms with Crippen LogP contribution < -0.4 is 16.4 Å². The SMILES string of the molecule is Nc1ncnc2c1ncn2[C@@H]1O[C@@H]2COP([O-])(=S)O[C@H]3C(O)[C@@H](COP(=O)(O)OC2[C@@H]1F)O[C@H]3n1cnc2c(N)ncnc21. The van der Waals surface area contributed by atoms with Crippen molar-refractivity contribution in [2.24, 2.45) is 0 Å². The number of anilines is 2. The van der Waals surface area contributed by atoms with Gasteiger partial charge in [0.1, 0.15) is 60.9 Å². The molecule has 0 amide bonds. The lowest BCUT2D eigenvalue weighted by molar-refractivity contribution is -0.218. The molecule has 2 bridgehead atoms. The molecule has 3 aliphatic heterocycles. The number of rotatable bonds is 2. The number of halogens is 1. The highest BCUT2D eigenvalue weighted by Crippen LogP contribution is 2.53. The summed E-state index contributed by atoms with van der Waals surface area (Å²) in [7, 11) is -5.06. The molecule has 0 radical (unpaired) electrons. The van der Waals surface area contributed by atoms with Gasteiger partial charge in [0.2, 0.25) is 0 Å². The van der Waals surface area contributed by atoms with Crippen LogP contribution in [0.15, 0.2) is 25.3 Å². The molecule has 44 heavy (non-hydrogen) atoms. The molecule has 3 fully saturated rings. The first-order valence-corrected chi connectivity index (χ1v) is 16.8. The quantitative estimate of drug-likeness (QED) is 0.182. The maximum atomic E-state index is 15.9. The van der Waals surface area contributed by atoms with Crippen molar-refractivity contribution >= 4 is 60.3 Å². The summed E-state index contributed by atoms with van der Waals surface area (Å²) in [4.78, 5) is 48.1. The lowest BCUT2D eigenvalue weighted by Crippen LogP contribution is -2.36. The van der Waals surface area contributed by atoms with Gasteiger partial charge in [-0.15, -0.1) is 0 Å². The monoisotopic (exact) mass is 675 g/mol. The summed E-state index contributed by atoms with van der Waals surface area (Å²) in [5.41, 5.74) is 12.3. The second-order valence-corrected chi connectivity index (χ2v) is 14.0. The van der Waals surface area contributed by atoms with Crippen molar-refractivity contribution in [3.63, 3.8) is 0 Å². The van der Waals surface area contributed by atoms with Gasteiger partial charge in [-0.25, -0.2) is 38.9 Å². The lowest BCUT2D eigenvalue weighted by Gasteiger charge is -2.34. The number of nitrogen functional groups attached to an aromatic ring is 2. The van der Waals surface area contributed by atoms with Gasteiger partial charge < -0.3 is 44.9 Å². The average molecular weight is 675 g/mol. The molecule has 4 aromatic rings. The number of fused-ring (bicyclic) bond motifs is 5. The summed E-state index contributed by atoms with van der Waals surface area (Å²) in [5, 5.41) is 11.0. The Labute approximate surface area is 249 Å². The Balaban J connectivity index is 1.20. The molecule has 4 unspecified atom stereocenters. The molecule has 7 rings (SSSR count). The summed E-state index contributed by atoms with van der Waals surface area (Å²) in [5.74, 6) is 0.0799. The van der Waals surface area contributed by atoms with E-state index in [1.165, 1.54) is 28.1 Å². The number of aliphatic hydroxyl groups excluding tert-OH is 1. The Hall–Kier alpha value is -2.85. The average Bonchev–Trinajstić information content (AvgIpc) is 3.73. The van der Waals surface area contributed by atoms with E-state index < -0.39 is 76.9 Å². The number of imidazole rings is 2. The first-order valence-electron chi connectivity index (χ1n) is 12.7. The van der Waals surface area contributed by atoms with E-state index in [1.54, 1.807) is 0 Å². The van der Waals surface area contributed by atoms with Gasteiger partial charge in [-0.3, -0.25) is 18.2 Å². The van der Waals surface area contributed by atoms with E-state index >= 15 is 4.39 Å². The minimum Gasteiger partial charge on any atom is -0.780 e.